The summed E-state index contributed by atoms with van der Waals surface area (Å²) in [5.41, 5.74) is 7.05. The third kappa shape index (κ3) is 3.24. The van der Waals surface area contributed by atoms with Gasteiger partial charge in [-0.15, -0.1) is 0 Å². The fraction of sp³-hybridized carbons (Fsp3) is 0.143. The number of nitrogen functional groups attached to an aromatic ring is 1. The summed E-state index contributed by atoms with van der Waals surface area (Å²) >= 11 is 3.39. The van der Waals surface area contributed by atoms with Crippen LogP contribution >= 0.6 is 15.9 Å². The van der Waals surface area contributed by atoms with E-state index in [-0.39, 0.29) is 6.61 Å². The van der Waals surface area contributed by atoms with Crippen molar-refractivity contribution < 1.29 is 9.84 Å². The summed E-state index contributed by atoms with van der Waals surface area (Å²) in [6.45, 7) is 0.187. The molecule has 0 amide bonds. The maximum atomic E-state index is 10.0. The highest BCUT2D eigenvalue weighted by Crippen LogP contribution is 2.25. The molecule has 0 saturated heterocycles. The lowest BCUT2D eigenvalue weighted by Crippen LogP contribution is -2.10. The molecule has 2 aromatic carbocycles. The molecular formula is C14H14BrNO2. The fourth-order valence-electron chi connectivity index (χ4n) is 1.59. The molecule has 0 aliphatic heterocycles. The molecule has 1 atom stereocenters. The van der Waals surface area contributed by atoms with E-state index in [0.717, 1.165) is 10.0 Å². The summed E-state index contributed by atoms with van der Waals surface area (Å²) in [7, 11) is 0. The Morgan fingerprint density at radius 3 is 2.67 bits per heavy atom. The first-order valence-corrected chi connectivity index (χ1v) is 6.37. The van der Waals surface area contributed by atoms with E-state index in [0.29, 0.717) is 11.4 Å². The van der Waals surface area contributed by atoms with Gasteiger partial charge in [-0.05, 0) is 45.8 Å². The number of hydrogen-bond donors (Lipinski definition) is 2. The number of aliphatic hydroxyl groups is 1. The van der Waals surface area contributed by atoms with Crippen molar-refractivity contribution in [2.24, 2.45) is 0 Å². The standard InChI is InChI=1S/C14H14BrNO2/c15-12-6-1-2-7-14(12)18-9-13(17)10-4-3-5-11(16)8-10/h1-8,13,17H,9,16H2. The van der Waals surface area contributed by atoms with Crippen molar-refractivity contribution in [3.05, 3.63) is 58.6 Å². The molecule has 1 unspecified atom stereocenters. The zero-order valence-electron chi connectivity index (χ0n) is 9.71. The molecule has 94 valence electrons. The minimum absolute atomic E-state index is 0.187. The van der Waals surface area contributed by atoms with E-state index in [1.807, 2.05) is 36.4 Å². The summed E-state index contributed by atoms with van der Waals surface area (Å²) in [6.07, 6.45) is -0.694. The molecule has 4 heteroatoms. The van der Waals surface area contributed by atoms with Crippen molar-refractivity contribution in [3.8, 4) is 5.75 Å². The summed E-state index contributed by atoms with van der Waals surface area (Å²) < 4.78 is 6.42. The SMILES string of the molecule is Nc1cccc(C(O)COc2ccccc2Br)c1. The molecule has 2 rings (SSSR count). The van der Waals surface area contributed by atoms with Crippen molar-refractivity contribution in [3.63, 3.8) is 0 Å². The van der Waals surface area contributed by atoms with Crippen LogP contribution in [0, 0.1) is 0 Å². The molecule has 0 aromatic heterocycles. The van der Waals surface area contributed by atoms with E-state index >= 15 is 0 Å². The first-order valence-electron chi connectivity index (χ1n) is 5.57. The van der Waals surface area contributed by atoms with Gasteiger partial charge in [0.05, 0.1) is 4.47 Å². The fourth-order valence-corrected chi connectivity index (χ4v) is 1.99. The normalized spacial score (nSPS) is 12.1. The monoisotopic (exact) mass is 307 g/mol. The maximum absolute atomic E-state index is 10.0. The molecule has 0 radical (unpaired) electrons. The van der Waals surface area contributed by atoms with Crippen molar-refractivity contribution in [1.29, 1.82) is 0 Å². The molecule has 0 fully saturated rings. The van der Waals surface area contributed by atoms with Gasteiger partial charge in [0.25, 0.3) is 0 Å². The number of benzene rings is 2. The lowest BCUT2D eigenvalue weighted by atomic mass is 10.1. The Morgan fingerprint density at radius 2 is 1.94 bits per heavy atom. The van der Waals surface area contributed by atoms with Gasteiger partial charge in [0.1, 0.15) is 18.5 Å². The molecule has 0 aliphatic rings. The molecule has 0 bridgehead atoms. The molecule has 0 heterocycles. The van der Waals surface area contributed by atoms with Crippen molar-refractivity contribution in [2.75, 3.05) is 12.3 Å². The lowest BCUT2D eigenvalue weighted by Gasteiger charge is -2.14. The Kier molecular flexibility index (Phi) is 4.23. The second-order valence-electron chi connectivity index (χ2n) is 3.93. The van der Waals surface area contributed by atoms with Crippen LogP contribution in [-0.4, -0.2) is 11.7 Å². The molecule has 0 aliphatic carbocycles. The second-order valence-corrected chi connectivity index (χ2v) is 4.78. The Bertz CT molecular complexity index is 531. The number of nitrogens with two attached hydrogens (primary N) is 1. The van der Waals surface area contributed by atoms with Gasteiger partial charge in [-0.1, -0.05) is 24.3 Å². The zero-order chi connectivity index (χ0) is 13.0. The minimum atomic E-state index is -0.694. The maximum Gasteiger partial charge on any atom is 0.133 e. The van der Waals surface area contributed by atoms with Gasteiger partial charge >= 0.3 is 0 Å². The number of aliphatic hydroxyl groups excluding tert-OH is 1. The van der Waals surface area contributed by atoms with E-state index in [1.54, 1.807) is 12.1 Å². The van der Waals surface area contributed by atoms with Crippen molar-refractivity contribution in [1.82, 2.24) is 0 Å². The molecule has 0 saturated carbocycles. The smallest absolute Gasteiger partial charge is 0.133 e. The predicted molar refractivity (Wildman–Crippen MR) is 75.5 cm³/mol. The summed E-state index contributed by atoms with van der Waals surface area (Å²) in [6, 6.07) is 14.7. The van der Waals surface area contributed by atoms with Gasteiger partial charge in [-0.25, -0.2) is 0 Å². The Hall–Kier alpha value is -1.52. The highest BCUT2D eigenvalue weighted by Gasteiger charge is 2.09. The number of ether oxygens (including phenoxy) is 1. The predicted octanol–water partition coefficient (Wildman–Crippen LogP) is 3.14. The third-order valence-corrected chi connectivity index (χ3v) is 3.18. The topological polar surface area (TPSA) is 55.5 Å². The molecule has 3 nitrogen and oxygen atoms in total. The average molecular weight is 308 g/mol. The summed E-state index contributed by atoms with van der Waals surface area (Å²) in [5.74, 6) is 0.709. The van der Waals surface area contributed by atoms with Gasteiger partial charge in [0, 0.05) is 5.69 Å². The van der Waals surface area contributed by atoms with E-state index in [4.69, 9.17) is 10.5 Å². The number of halogens is 1. The van der Waals surface area contributed by atoms with Crippen LogP contribution in [0.1, 0.15) is 11.7 Å². The second kappa shape index (κ2) is 5.89. The number of hydrogen-bond acceptors (Lipinski definition) is 3. The first kappa shape index (κ1) is 12.9. The lowest BCUT2D eigenvalue weighted by molar-refractivity contribution is 0.108. The highest BCUT2D eigenvalue weighted by molar-refractivity contribution is 9.10. The number of anilines is 1. The van der Waals surface area contributed by atoms with Crippen LogP contribution in [0.4, 0.5) is 5.69 Å². The van der Waals surface area contributed by atoms with Gasteiger partial charge in [-0.2, -0.15) is 0 Å². The van der Waals surface area contributed by atoms with E-state index in [2.05, 4.69) is 15.9 Å². The van der Waals surface area contributed by atoms with E-state index in [9.17, 15) is 5.11 Å². The molecule has 2 aromatic rings. The van der Waals surface area contributed by atoms with Gasteiger partial charge in [-0.3, -0.25) is 0 Å². The summed E-state index contributed by atoms with van der Waals surface area (Å²) in [4.78, 5) is 0. The van der Waals surface area contributed by atoms with Crippen LogP contribution in [0.25, 0.3) is 0 Å². The molecule has 3 N–H and O–H groups in total. The Morgan fingerprint density at radius 1 is 1.17 bits per heavy atom. The zero-order valence-corrected chi connectivity index (χ0v) is 11.3. The van der Waals surface area contributed by atoms with E-state index < -0.39 is 6.10 Å². The Labute approximate surface area is 114 Å². The quantitative estimate of drug-likeness (QED) is 0.853. The van der Waals surface area contributed by atoms with Crippen molar-refractivity contribution in [2.45, 2.75) is 6.10 Å². The van der Waals surface area contributed by atoms with Crippen LogP contribution in [0.2, 0.25) is 0 Å². The number of rotatable bonds is 4. The van der Waals surface area contributed by atoms with Crippen LogP contribution < -0.4 is 10.5 Å². The van der Waals surface area contributed by atoms with Crippen LogP contribution in [0.3, 0.4) is 0 Å². The minimum Gasteiger partial charge on any atom is -0.489 e. The highest BCUT2D eigenvalue weighted by atomic mass is 79.9. The largest absolute Gasteiger partial charge is 0.489 e. The molecular weight excluding hydrogens is 294 g/mol. The molecule has 18 heavy (non-hydrogen) atoms. The Balaban J connectivity index is 2.00. The van der Waals surface area contributed by atoms with Crippen molar-refractivity contribution >= 4 is 21.6 Å². The van der Waals surface area contributed by atoms with Crippen LogP contribution in [0.5, 0.6) is 5.75 Å². The van der Waals surface area contributed by atoms with Gasteiger partial charge in [0.2, 0.25) is 0 Å². The van der Waals surface area contributed by atoms with Crippen LogP contribution in [-0.2, 0) is 0 Å². The number of para-hydroxylation sites is 1. The average Bonchev–Trinajstić information content (AvgIpc) is 2.37. The van der Waals surface area contributed by atoms with Crippen LogP contribution in [0.15, 0.2) is 53.0 Å². The molecule has 0 spiro atoms. The summed E-state index contributed by atoms with van der Waals surface area (Å²) in [5, 5.41) is 10.0. The van der Waals surface area contributed by atoms with Gasteiger partial charge in [0.15, 0.2) is 0 Å². The van der Waals surface area contributed by atoms with Gasteiger partial charge < -0.3 is 15.6 Å². The first-order chi connectivity index (χ1) is 8.66. The van der Waals surface area contributed by atoms with E-state index in [1.165, 1.54) is 0 Å². The third-order valence-electron chi connectivity index (χ3n) is 2.53.